The van der Waals surface area contributed by atoms with Crippen molar-refractivity contribution in [2.75, 3.05) is 5.73 Å². The molecule has 0 radical (unpaired) electrons. The van der Waals surface area contributed by atoms with Crippen LogP contribution in [0.15, 0.2) is 46.1 Å². The van der Waals surface area contributed by atoms with Gasteiger partial charge in [-0.05, 0) is 35.4 Å². The predicted molar refractivity (Wildman–Crippen MR) is 127 cm³/mol. The number of hydrogen-bond donors (Lipinski definition) is 2. The maximum Gasteiger partial charge on any atom is 0.293 e. The molecule has 3 N–H and O–H groups in total. The van der Waals surface area contributed by atoms with Gasteiger partial charge >= 0.3 is 0 Å². The lowest BCUT2D eigenvalue weighted by molar-refractivity contribution is -0.384. The summed E-state index contributed by atoms with van der Waals surface area (Å²) >= 11 is 12.3. The average molecular weight is 532 g/mol. The minimum atomic E-state index is -0.708. The molecule has 0 aliphatic carbocycles. The van der Waals surface area contributed by atoms with Gasteiger partial charge in [-0.25, -0.2) is 10.1 Å². The molecule has 2 heterocycles. The van der Waals surface area contributed by atoms with E-state index in [1.165, 1.54) is 29.1 Å². The fraction of sp³-hybridized carbons (Fsp3) is 0.100. The molecule has 2 aromatic heterocycles. The zero-order valence-corrected chi connectivity index (χ0v) is 19.8. The van der Waals surface area contributed by atoms with Crippen LogP contribution in [0.1, 0.15) is 27.3 Å². The van der Waals surface area contributed by atoms with E-state index in [1.54, 1.807) is 25.1 Å². The Morgan fingerprint density at radius 2 is 2.06 bits per heavy atom. The molecule has 0 saturated carbocycles. The Labute approximate surface area is 211 Å². The van der Waals surface area contributed by atoms with Crippen LogP contribution >= 0.6 is 23.2 Å². The summed E-state index contributed by atoms with van der Waals surface area (Å²) < 4.78 is 11.5. The van der Waals surface area contributed by atoms with Gasteiger partial charge in [-0.3, -0.25) is 14.9 Å². The lowest BCUT2D eigenvalue weighted by Crippen LogP contribution is -2.19. The van der Waals surface area contributed by atoms with Gasteiger partial charge in [0.1, 0.15) is 12.4 Å². The number of aromatic nitrogens is 5. The van der Waals surface area contributed by atoms with Crippen molar-refractivity contribution in [1.82, 2.24) is 30.7 Å². The molecule has 14 nitrogen and oxygen atoms in total. The van der Waals surface area contributed by atoms with Crippen LogP contribution in [0.25, 0.3) is 5.82 Å². The van der Waals surface area contributed by atoms with Gasteiger partial charge in [0.25, 0.3) is 11.6 Å². The first-order chi connectivity index (χ1) is 17.3. The van der Waals surface area contributed by atoms with E-state index in [0.29, 0.717) is 21.3 Å². The van der Waals surface area contributed by atoms with Gasteiger partial charge in [0, 0.05) is 33.3 Å². The molecule has 0 atom stereocenters. The van der Waals surface area contributed by atoms with Crippen LogP contribution in [0.5, 0.6) is 5.75 Å². The molecule has 0 unspecified atom stereocenters. The Morgan fingerprint density at radius 1 is 1.31 bits per heavy atom. The zero-order chi connectivity index (χ0) is 25.8. The highest BCUT2D eigenvalue weighted by Crippen LogP contribution is 2.28. The number of nitro benzene ring substituents is 1. The Morgan fingerprint density at radius 3 is 2.72 bits per heavy atom. The van der Waals surface area contributed by atoms with Crippen molar-refractivity contribution in [3.63, 3.8) is 0 Å². The van der Waals surface area contributed by atoms with Crippen LogP contribution in [0.3, 0.4) is 0 Å². The van der Waals surface area contributed by atoms with Crippen LogP contribution in [0.2, 0.25) is 10.0 Å². The summed E-state index contributed by atoms with van der Waals surface area (Å²) in [7, 11) is 0. The molecule has 0 fully saturated rings. The number of hydrogen-bond acceptors (Lipinski definition) is 11. The number of ether oxygens (including phenoxy) is 1. The lowest BCUT2D eigenvalue weighted by Gasteiger charge is -2.11. The van der Waals surface area contributed by atoms with Gasteiger partial charge in [0.05, 0.1) is 16.8 Å². The average Bonchev–Trinajstić information content (AvgIpc) is 3.43. The molecule has 16 heteroatoms. The summed E-state index contributed by atoms with van der Waals surface area (Å²) in [6.07, 6.45) is 1.19. The van der Waals surface area contributed by atoms with Crippen LogP contribution in [-0.2, 0) is 6.61 Å². The van der Waals surface area contributed by atoms with E-state index in [0.717, 1.165) is 0 Å². The summed E-state index contributed by atoms with van der Waals surface area (Å²) in [5.41, 5.74) is 8.70. The molecule has 0 aliphatic rings. The fourth-order valence-electron chi connectivity index (χ4n) is 2.99. The summed E-state index contributed by atoms with van der Waals surface area (Å²) in [5.74, 6) is -0.435. The number of nitrogens with one attached hydrogen (secondary N) is 1. The lowest BCUT2D eigenvalue weighted by atomic mass is 10.2. The van der Waals surface area contributed by atoms with Crippen molar-refractivity contribution in [2.24, 2.45) is 5.10 Å². The zero-order valence-electron chi connectivity index (χ0n) is 18.3. The van der Waals surface area contributed by atoms with Crippen molar-refractivity contribution in [1.29, 1.82) is 0 Å². The predicted octanol–water partition coefficient (Wildman–Crippen LogP) is 3.10. The van der Waals surface area contributed by atoms with E-state index in [4.69, 9.17) is 33.7 Å². The summed E-state index contributed by atoms with van der Waals surface area (Å²) in [6.45, 7) is 1.55. The van der Waals surface area contributed by atoms with E-state index >= 15 is 0 Å². The third-order valence-electron chi connectivity index (χ3n) is 4.81. The van der Waals surface area contributed by atoms with Crippen LogP contribution < -0.4 is 15.9 Å². The number of anilines is 1. The molecular weight excluding hydrogens is 517 g/mol. The fourth-order valence-corrected chi connectivity index (χ4v) is 3.50. The number of nitrogen functional groups attached to an aromatic ring is 1. The first-order valence-electron chi connectivity index (χ1n) is 9.94. The van der Waals surface area contributed by atoms with E-state index in [1.807, 2.05) is 0 Å². The quantitative estimate of drug-likeness (QED) is 0.194. The van der Waals surface area contributed by atoms with Crippen LogP contribution in [0, 0.1) is 17.0 Å². The summed E-state index contributed by atoms with van der Waals surface area (Å²) in [4.78, 5) is 23.2. The molecule has 4 rings (SSSR count). The maximum atomic E-state index is 12.6. The number of carbonyl (C=O) groups excluding carboxylic acids is 1. The number of nitrogens with zero attached hydrogens (tertiary/aromatic N) is 7. The second-order valence-corrected chi connectivity index (χ2v) is 7.89. The van der Waals surface area contributed by atoms with E-state index < -0.39 is 10.8 Å². The highest BCUT2D eigenvalue weighted by molar-refractivity contribution is 6.35. The summed E-state index contributed by atoms with van der Waals surface area (Å²) in [5, 5.41) is 30.6. The topological polar surface area (TPSA) is 189 Å². The number of benzene rings is 2. The number of non-ortho nitro benzene ring substituents is 1. The Balaban J connectivity index is 1.53. The van der Waals surface area contributed by atoms with Crippen LogP contribution in [-0.4, -0.2) is 42.4 Å². The number of halogens is 2. The molecule has 2 aromatic carbocycles. The number of nitrogens with two attached hydrogens (primary N) is 1. The van der Waals surface area contributed by atoms with Gasteiger partial charge in [-0.1, -0.05) is 34.5 Å². The molecule has 0 aliphatic heterocycles. The molecule has 0 bridgehead atoms. The summed E-state index contributed by atoms with van der Waals surface area (Å²) in [6, 6.07) is 8.92. The molecular formula is C20H15Cl2N9O5. The van der Waals surface area contributed by atoms with Crippen LogP contribution in [0.4, 0.5) is 11.5 Å². The van der Waals surface area contributed by atoms with Gasteiger partial charge < -0.3 is 10.5 Å². The smallest absolute Gasteiger partial charge is 0.293 e. The second kappa shape index (κ2) is 10.4. The number of rotatable bonds is 8. The highest BCUT2D eigenvalue weighted by Gasteiger charge is 2.21. The minimum Gasteiger partial charge on any atom is -0.488 e. The van der Waals surface area contributed by atoms with Crippen molar-refractivity contribution >= 4 is 46.8 Å². The number of amides is 1. The molecule has 0 spiro atoms. The number of nitro groups is 1. The van der Waals surface area contributed by atoms with Gasteiger partial charge in [-0.2, -0.15) is 9.78 Å². The van der Waals surface area contributed by atoms with Crippen molar-refractivity contribution in [3.05, 3.63) is 79.1 Å². The first-order valence-corrected chi connectivity index (χ1v) is 10.7. The Bertz CT molecular complexity index is 1460. The van der Waals surface area contributed by atoms with Crippen molar-refractivity contribution in [3.8, 4) is 11.6 Å². The van der Waals surface area contributed by atoms with E-state index in [-0.39, 0.29) is 40.9 Å². The standard InChI is InChI=1S/C20H15Cl2N9O5/c1-10-17(25-29-30(10)19-18(23)27-36-28-19)20(32)26-24-8-11-7-12(31(33)34)5-6-16(11)35-9-13-14(21)3-2-4-15(13)22/h2-8H,9H2,1H3,(H2,23,27)(H,26,32). The molecule has 1 amide bonds. The second-order valence-electron chi connectivity index (χ2n) is 7.08. The maximum absolute atomic E-state index is 12.6. The Hall–Kier alpha value is -4.56. The van der Waals surface area contributed by atoms with Gasteiger partial charge in [0.2, 0.25) is 11.6 Å². The first kappa shape index (κ1) is 24.6. The Kier molecular flexibility index (Phi) is 7.07. The highest BCUT2D eigenvalue weighted by atomic mass is 35.5. The molecule has 0 saturated heterocycles. The van der Waals surface area contributed by atoms with E-state index in [2.05, 4.69) is 35.8 Å². The van der Waals surface area contributed by atoms with Crippen molar-refractivity contribution < 1.29 is 19.1 Å². The minimum absolute atomic E-state index is 0.00808. The third kappa shape index (κ3) is 5.08. The monoisotopic (exact) mass is 531 g/mol. The van der Waals surface area contributed by atoms with Gasteiger partial charge in [0.15, 0.2) is 5.69 Å². The molecule has 184 valence electrons. The number of hydrazone groups is 1. The largest absolute Gasteiger partial charge is 0.488 e. The molecule has 4 aromatic rings. The normalized spacial score (nSPS) is 11.1. The number of carbonyl (C=O) groups is 1. The SMILES string of the molecule is Cc1c(C(=O)NN=Cc2cc([N+](=O)[O-])ccc2OCc2c(Cl)cccc2Cl)nnn1-c1nonc1N. The third-order valence-corrected chi connectivity index (χ3v) is 5.52. The van der Waals surface area contributed by atoms with E-state index in [9.17, 15) is 14.9 Å². The van der Waals surface area contributed by atoms with Crippen molar-refractivity contribution in [2.45, 2.75) is 13.5 Å². The van der Waals surface area contributed by atoms with Gasteiger partial charge in [-0.15, -0.1) is 5.10 Å². The molecule has 36 heavy (non-hydrogen) atoms.